The van der Waals surface area contributed by atoms with E-state index in [9.17, 15) is 8.78 Å². The second kappa shape index (κ2) is 10.1. The fraction of sp³-hybridized carbons (Fsp3) is 0.647. The highest BCUT2D eigenvalue weighted by Crippen LogP contribution is 2.33. The van der Waals surface area contributed by atoms with Gasteiger partial charge >= 0.3 is 0 Å². The number of unbranched alkanes of at least 4 members (excludes halogenated alkanes) is 2. The molecular formula is C17H27ClF2N2O. The van der Waals surface area contributed by atoms with E-state index in [1.807, 2.05) is 0 Å². The molecule has 1 fully saturated rings. The zero-order valence-electron chi connectivity index (χ0n) is 13.9. The molecule has 0 radical (unpaired) electrons. The summed E-state index contributed by atoms with van der Waals surface area (Å²) in [5, 5.41) is 3.29. The number of nitrogens with zero attached hydrogens (tertiary/aromatic N) is 1. The first-order valence-corrected chi connectivity index (χ1v) is 8.15. The van der Waals surface area contributed by atoms with Crippen LogP contribution < -0.4 is 10.1 Å². The summed E-state index contributed by atoms with van der Waals surface area (Å²) in [5.74, 6) is -0.778. The molecule has 0 aliphatic carbocycles. The SMILES string of the molecule is CCCCC[C@H](c1c(F)cc(OC)cc1F)N1CCNCC1.Cl. The van der Waals surface area contributed by atoms with Crippen LogP contribution in [-0.4, -0.2) is 38.2 Å². The fourth-order valence-corrected chi connectivity index (χ4v) is 3.09. The van der Waals surface area contributed by atoms with E-state index in [0.29, 0.717) is 0 Å². The van der Waals surface area contributed by atoms with E-state index < -0.39 is 11.6 Å². The predicted molar refractivity (Wildman–Crippen MR) is 91.5 cm³/mol. The number of rotatable bonds is 7. The van der Waals surface area contributed by atoms with Gasteiger partial charge in [-0.25, -0.2) is 8.78 Å². The second-order valence-corrected chi connectivity index (χ2v) is 5.80. The summed E-state index contributed by atoms with van der Waals surface area (Å²) in [6, 6.07) is 2.38. The van der Waals surface area contributed by atoms with Gasteiger partial charge in [-0.3, -0.25) is 4.90 Å². The number of ether oxygens (including phenoxy) is 1. The molecule has 132 valence electrons. The second-order valence-electron chi connectivity index (χ2n) is 5.80. The van der Waals surface area contributed by atoms with Crippen LogP contribution in [0.5, 0.6) is 5.75 Å². The van der Waals surface area contributed by atoms with Gasteiger partial charge in [-0.2, -0.15) is 0 Å². The molecule has 23 heavy (non-hydrogen) atoms. The fourth-order valence-electron chi connectivity index (χ4n) is 3.09. The summed E-state index contributed by atoms with van der Waals surface area (Å²) in [4.78, 5) is 2.19. The van der Waals surface area contributed by atoms with Crippen molar-refractivity contribution >= 4 is 12.4 Å². The Morgan fingerprint density at radius 2 is 1.78 bits per heavy atom. The van der Waals surface area contributed by atoms with Gasteiger partial charge in [0.05, 0.1) is 7.11 Å². The molecule has 1 N–H and O–H groups in total. The summed E-state index contributed by atoms with van der Waals surface area (Å²) in [7, 11) is 1.42. The Hall–Kier alpha value is -0.910. The lowest BCUT2D eigenvalue weighted by molar-refractivity contribution is 0.156. The molecule has 6 heteroatoms. The third-order valence-corrected chi connectivity index (χ3v) is 4.29. The molecule has 2 rings (SSSR count). The van der Waals surface area contributed by atoms with Gasteiger partial charge in [-0.15, -0.1) is 12.4 Å². The molecule has 1 saturated heterocycles. The van der Waals surface area contributed by atoms with Gasteiger partial charge in [0.15, 0.2) is 0 Å². The molecule has 1 aromatic carbocycles. The van der Waals surface area contributed by atoms with Gasteiger partial charge in [0.1, 0.15) is 17.4 Å². The van der Waals surface area contributed by atoms with Crippen LogP contribution in [0.15, 0.2) is 12.1 Å². The Labute approximate surface area is 143 Å². The molecule has 0 saturated carbocycles. The van der Waals surface area contributed by atoms with Crippen LogP contribution in [0.3, 0.4) is 0 Å². The van der Waals surface area contributed by atoms with Crippen molar-refractivity contribution in [3.63, 3.8) is 0 Å². The van der Waals surface area contributed by atoms with Gasteiger partial charge < -0.3 is 10.1 Å². The van der Waals surface area contributed by atoms with Gasteiger partial charge in [-0.05, 0) is 6.42 Å². The van der Waals surface area contributed by atoms with Crippen molar-refractivity contribution in [2.75, 3.05) is 33.3 Å². The molecule has 0 bridgehead atoms. The Morgan fingerprint density at radius 1 is 1.17 bits per heavy atom. The van der Waals surface area contributed by atoms with Crippen molar-refractivity contribution in [2.24, 2.45) is 0 Å². The first-order valence-electron chi connectivity index (χ1n) is 8.15. The van der Waals surface area contributed by atoms with E-state index in [2.05, 4.69) is 17.1 Å². The van der Waals surface area contributed by atoms with Crippen LogP contribution in [0.1, 0.15) is 44.2 Å². The Kier molecular flexibility index (Phi) is 8.81. The third-order valence-electron chi connectivity index (χ3n) is 4.29. The molecule has 1 aliphatic rings. The van der Waals surface area contributed by atoms with Crippen LogP contribution in [0.2, 0.25) is 0 Å². The maximum absolute atomic E-state index is 14.4. The number of nitrogens with one attached hydrogen (secondary N) is 1. The molecule has 1 aromatic rings. The van der Waals surface area contributed by atoms with Crippen molar-refractivity contribution in [1.82, 2.24) is 10.2 Å². The summed E-state index contributed by atoms with van der Waals surface area (Å²) in [5.41, 5.74) is 0.193. The molecule has 1 atom stereocenters. The smallest absolute Gasteiger partial charge is 0.134 e. The van der Waals surface area contributed by atoms with Crippen molar-refractivity contribution in [1.29, 1.82) is 0 Å². The number of halogens is 3. The van der Waals surface area contributed by atoms with Crippen molar-refractivity contribution in [3.8, 4) is 5.75 Å². The number of benzene rings is 1. The van der Waals surface area contributed by atoms with Crippen LogP contribution in [-0.2, 0) is 0 Å². The van der Waals surface area contributed by atoms with Crippen molar-refractivity contribution < 1.29 is 13.5 Å². The lowest BCUT2D eigenvalue weighted by Crippen LogP contribution is -2.45. The van der Waals surface area contributed by atoms with E-state index in [4.69, 9.17) is 4.74 Å². The lowest BCUT2D eigenvalue weighted by Gasteiger charge is -2.35. The third kappa shape index (κ3) is 5.30. The lowest BCUT2D eigenvalue weighted by atomic mass is 9.97. The predicted octanol–water partition coefficient (Wildman–Crippen LogP) is 3.92. The zero-order chi connectivity index (χ0) is 15.9. The van der Waals surface area contributed by atoms with Gasteiger partial charge in [0.25, 0.3) is 0 Å². The normalized spacial score (nSPS) is 16.7. The Balaban J connectivity index is 0.00000264. The van der Waals surface area contributed by atoms with Gasteiger partial charge in [0.2, 0.25) is 0 Å². The number of hydrogen-bond donors (Lipinski definition) is 1. The molecular weight excluding hydrogens is 322 g/mol. The molecule has 1 heterocycles. The van der Waals surface area contributed by atoms with E-state index >= 15 is 0 Å². The van der Waals surface area contributed by atoms with Crippen LogP contribution in [0.25, 0.3) is 0 Å². The minimum Gasteiger partial charge on any atom is -0.497 e. The highest BCUT2D eigenvalue weighted by atomic mass is 35.5. The summed E-state index contributed by atoms with van der Waals surface area (Å²) >= 11 is 0. The van der Waals surface area contributed by atoms with E-state index in [-0.39, 0.29) is 29.8 Å². The molecule has 0 unspecified atom stereocenters. The molecule has 3 nitrogen and oxygen atoms in total. The summed E-state index contributed by atoms with van der Waals surface area (Å²) in [6.07, 6.45) is 3.95. The average molecular weight is 349 g/mol. The quantitative estimate of drug-likeness (QED) is 0.756. The standard InChI is InChI=1S/C17H26F2N2O.ClH/c1-3-4-5-6-16(21-9-7-20-8-10-21)17-14(18)11-13(22-2)12-15(17)19;/h11-12,16,20H,3-10H2,1-2H3;1H/t16-;/m1./s1. The highest BCUT2D eigenvalue weighted by molar-refractivity contribution is 5.85. The molecule has 0 amide bonds. The van der Waals surface area contributed by atoms with Crippen molar-refractivity contribution in [2.45, 2.75) is 38.6 Å². The monoisotopic (exact) mass is 348 g/mol. The number of piperazine rings is 1. The molecule has 0 spiro atoms. The number of methoxy groups -OCH3 is 1. The molecule has 0 aromatic heterocycles. The summed E-state index contributed by atoms with van der Waals surface area (Å²) < 4.78 is 33.9. The van der Waals surface area contributed by atoms with E-state index in [1.54, 1.807) is 0 Å². The largest absolute Gasteiger partial charge is 0.497 e. The maximum Gasteiger partial charge on any atom is 0.134 e. The van der Waals surface area contributed by atoms with Crippen LogP contribution >= 0.6 is 12.4 Å². The minimum absolute atomic E-state index is 0. The minimum atomic E-state index is -0.503. The van der Waals surface area contributed by atoms with Crippen LogP contribution in [0.4, 0.5) is 8.78 Å². The van der Waals surface area contributed by atoms with E-state index in [0.717, 1.165) is 51.9 Å². The zero-order valence-corrected chi connectivity index (χ0v) is 14.7. The van der Waals surface area contributed by atoms with Crippen LogP contribution in [0, 0.1) is 11.6 Å². The average Bonchev–Trinajstić information content (AvgIpc) is 2.53. The van der Waals surface area contributed by atoms with Crippen molar-refractivity contribution in [3.05, 3.63) is 29.3 Å². The van der Waals surface area contributed by atoms with Gasteiger partial charge in [0, 0.05) is 49.9 Å². The summed E-state index contributed by atoms with van der Waals surface area (Å²) in [6.45, 7) is 5.51. The maximum atomic E-state index is 14.4. The van der Waals surface area contributed by atoms with Gasteiger partial charge in [-0.1, -0.05) is 26.2 Å². The van der Waals surface area contributed by atoms with E-state index in [1.165, 1.54) is 19.2 Å². The topological polar surface area (TPSA) is 24.5 Å². The Bertz CT molecular complexity index is 459. The number of hydrogen-bond acceptors (Lipinski definition) is 3. The first kappa shape index (κ1) is 20.1. The highest BCUT2D eigenvalue weighted by Gasteiger charge is 2.27. The first-order chi connectivity index (χ1) is 10.7. The molecule has 1 aliphatic heterocycles. The Morgan fingerprint density at radius 3 is 2.30 bits per heavy atom.